The molecule has 0 unspecified atom stereocenters. The lowest BCUT2D eigenvalue weighted by Crippen LogP contribution is -2.21. The molecule has 3 N–H and O–H groups in total. The fraction of sp³-hybridized carbons (Fsp3) is 0.300. The van der Waals surface area contributed by atoms with Crippen LogP contribution in [0.4, 0.5) is 17.1 Å². The van der Waals surface area contributed by atoms with E-state index in [2.05, 4.69) is 16.0 Å². The van der Waals surface area contributed by atoms with Crippen molar-refractivity contribution in [3.05, 3.63) is 48.5 Å². The Morgan fingerprint density at radius 1 is 0.926 bits per heavy atom. The Balaban J connectivity index is 1.82. The average Bonchev–Trinajstić information content (AvgIpc) is 2.64. The third-order valence-corrected chi connectivity index (χ3v) is 3.45. The first-order valence-electron chi connectivity index (χ1n) is 8.79. The van der Waals surface area contributed by atoms with E-state index in [9.17, 15) is 9.59 Å². The Morgan fingerprint density at radius 2 is 1.63 bits per heavy atom. The van der Waals surface area contributed by atoms with Crippen molar-refractivity contribution >= 4 is 28.9 Å². The van der Waals surface area contributed by atoms with Gasteiger partial charge in [0.2, 0.25) is 11.8 Å². The minimum Gasteiger partial charge on any atom is -0.491 e. The van der Waals surface area contributed by atoms with Gasteiger partial charge in [-0.1, -0.05) is 12.1 Å². The highest BCUT2D eigenvalue weighted by Crippen LogP contribution is 2.18. The van der Waals surface area contributed by atoms with Gasteiger partial charge in [0.1, 0.15) is 12.4 Å². The van der Waals surface area contributed by atoms with Crippen LogP contribution in [0.1, 0.15) is 13.8 Å². The quantitative estimate of drug-likeness (QED) is 0.559. The predicted octanol–water partition coefficient (Wildman–Crippen LogP) is 3.11. The largest absolute Gasteiger partial charge is 0.491 e. The van der Waals surface area contributed by atoms with Crippen LogP contribution in [0, 0.1) is 0 Å². The lowest BCUT2D eigenvalue weighted by Gasteiger charge is -2.11. The van der Waals surface area contributed by atoms with Crippen molar-refractivity contribution in [1.29, 1.82) is 0 Å². The predicted molar refractivity (Wildman–Crippen MR) is 106 cm³/mol. The van der Waals surface area contributed by atoms with Crippen LogP contribution in [0.25, 0.3) is 0 Å². The first-order valence-corrected chi connectivity index (χ1v) is 8.79. The maximum atomic E-state index is 12.1. The van der Waals surface area contributed by atoms with Crippen LogP contribution >= 0.6 is 0 Å². The molecule has 0 bridgehead atoms. The third-order valence-electron chi connectivity index (χ3n) is 3.45. The van der Waals surface area contributed by atoms with Gasteiger partial charge in [-0.25, -0.2) is 0 Å². The number of rotatable bonds is 10. The number of nitrogens with one attached hydrogen (secondary N) is 3. The molecule has 0 atom stereocenters. The molecule has 2 aromatic carbocycles. The number of amides is 2. The molecule has 0 aliphatic rings. The number of ether oxygens (including phenoxy) is 2. The molecule has 0 saturated carbocycles. The Hall–Kier alpha value is -3.06. The lowest BCUT2D eigenvalue weighted by atomic mass is 10.2. The molecule has 0 aliphatic carbocycles. The average molecular weight is 371 g/mol. The molecule has 0 aliphatic heterocycles. The van der Waals surface area contributed by atoms with Crippen LogP contribution in [-0.2, 0) is 14.3 Å². The van der Waals surface area contributed by atoms with Crippen LogP contribution < -0.4 is 20.7 Å². The lowest BCUT2D eigenvalue weighted by molar-refractivity contribution is -0.115. The van der Waals surface area contributed by atoms with E-state index in [-0.39, 0.29) is 18.4 Å². The van der Waals surface area contributed by atoms with Crippen molar-refractivity contribution < 1.29 is 19.1 Å². The Kier molecular flexibility index (Phi) is 8.12. The van der Waals surface area contributed by atoms with Crippen LogP contribution in [0.15, 0.2) is 48.5 Å². The van der Waals surface area contributed by atoms with Crippen LogP contribution in [0.5, 0.6) is 5.75 Å². The molecule has 2 aromatic rings. The zero-order valence-corrected chi connectivity index (χ0v) is 15.6. The minimum absolute atomic E-state index is 0.104. The van der Waals surface area contributed by atoms with Gasteiger partial charge in [0.15, 0.2) is 0 Å². The maximum absolute atomic E-state index is 12.1. The molecule has 0 spiro atoms. The summed E-state index contributed by atoms with van der Waals surface area (Å²) in [5.41, 5.74) is 2.03. The summed E-state index contributed by atoms with van der Waals surface area (Å²) in [7, 11) is 0. The number of carbonyl (C=O) groups is 2. The van der Waals surface area contributed by atoms with Gasteiger partial charge in [-0.3, -0.25) is 9.59 Å². The summed E-state index contributed by atoms with van der Waals surface area (Å²) in [4.78, 5) is 23.2. The summed E-state index contributed by atoms with van der Waals surface area (Å²) in [5, 5.41) is 8.53. The van der Waals surface area contributed by atoms with Gasteiger partial charge in [-0.15, -0.1) is 0 Å². The Labute approximate surface area is 159 Å². The smallest absolute Gasteiger partial charge is 0.243 e. The molecule has 2 amide bonds. The molecule has 7 heteroatoms. The molecule has 0 aromatic heterocycles. The van der Waals surface area contributed by atoms with Crippen LogP contribution in [0.2, 0.25) is 0 Å². The van der Waals surface area contributed by atoms with E-state index in [4.69, 9.17) is 9.47 Å². The Morgan fingerprint density at radius 3 is 2.37 bits per heavy atom. The highest BCUT2D eigenvalue weighted by atomic mass is 16.5. The van der Waals surface area contributed by atoms with E-state index in [0.29, 0.717) is 36.9 Å². The molecule has 2 rings (SSSR count). The SMILES string of the molecule is CCOCCOc1cccc(NCC(=O)Nc2cccc(NC(C)=O)c2)c1. The number of hydrogen-bond donors (Lipinski definition) is 3. The number of anilines is 3. The van der Waals surface area contributed by atoms with Crippen molar-refractivity contribution in [1.82, 2.24) is 0 Å². The monoisotopic (exact) mass is 371 g/mol. The second-order valence-corrected chi connectivity index (χ2v) is 5.74. The van der Waals surface area contributed by atoms with E-state index in [0.717, 1.165) is 5.69 Å². The zero-order valence-electron chi connectivity index (χ0n) is 15.6. The van der Waals surface area contributed by atoms with Gasteiger partial charge < -0.3 is 25.4 Å². The minimum atomic E-state index is -0.197. The summed E-state index contributed by atoms with van der Waals surface area (Å²) in [6.07, 6.45) is 0. The van der Waals surface area contributed by atoms with Crippen molar-refractivity contribution in [3.8, 4) is 5.75 Å². The highest BCUT2D eigenvalue weighted by molar-refractivity contribution is 5.95. The van der Waals surface area contributed by atoms with Crippen molar-refractivity contribution in [2.45, 2.75) is 13.8 Å². The van der Waals surface area contributed by atoms with E-state index in [1.807, 2.05) is 31.2 Å². The van der Waals surface area contributed by atoms with Gasteiger partial charge in [-0.2, -0.15) is 0 Å². The fourth-order valence-corrected chi connectivity index (χ4v) is 2.32. The van der Waals surface area contributed by atoms with Crippen LogP contribution in [-0.4, -0.2) is 38.2 Å². The van der Waals surface area contributed by atoms with Crippen LogP contribution in [0.3, 0.4) is 0 Å². The summed E-state index contributed by atoms with van der Waals surface area (Å²) in [6, 6.07) is 14.4. The van der Waals surface area contributed by atoms with Crippen molar-refractivity contribution in [2.75, 3.05) is 42.3 Å². The summed E-state index contributed by atoms with van der Waals surface area (Å²) in [5.74, 6) is 0.351. The van der Waals surface area contributed by atoms with E-state index in [1.165, 1.54) is 6.92 Å². The molecular formula is C20H25N3O4. The molecule has 144 valence electrons. The van der Waals surface area contributed by atoms with Crippen molar-refractivity contribution in [2.24, 2.45) is 0 Å². The maximum Gasteiger partial charge on any atom is 0.243 e. The summed E-state index contributed by atoms with van der Waals surface area (Å²) in [6.45, 7) is 5.15. The first-order chi connectivity index (χ1) is 13.1. The molecule has 0 heterocycles. The second kappa shape index (κ2) is 10.8. The van der Waals surface area contributed by atoms with Gasteiger partial charge in [-0.05, 0) is 37.3 Å². The summed E-state index contributed by atoms with van der Waals surface area (Å²) < 4.78 is 10.8. The topological polar surface area (TPSA) is 88.7 Å². The zero-order chi connectivity index (χ0) is 19.5. The molecule has 7 nitrogen and oxygen atoms in total. The molecule has 0 radical (unpaired) electrons. The van der Waals surface area contributed by atoms with Gasteiger partial charge in [0, 0.05) is 36.7 Å². The Bertz CT molecular complexity index is 764. The second-order valence-electron chi connectivity index (χ2n) is 5.74. The number of carbonyl (C=O) groups excluding carboxylic acids is 2. The third kappa shape index (κ3) is 7.79. The number of benzene rings is 2. The van der Waals surface area contributed by atoms with Gasteiger partial charge >= 0.3 is 0 Å². The fourth-order valence-electron chi connectivity index (χ4n) is 2.32. The van der Waals surface area contributed by atoms with E-state index >= 15 is 0 Å². The molecular weight excluding hydrogens is 346 g/mol. The standard InChI is InChI=1S/C20H25N3O4/c1-3-26-10-11-27-19-9-5-6-16(13-19)21-14-20(25)23-18-8-4-7-17(12-18)22-15(2)24/h4-9,12-13,21H,3,10-11,14H2,1-2H3,(H,22,24)(H,23,25). The van der Waals surface area contributed by atoms with Crippen molar-refractivity contribution in [3.63, 3.8) is 0 Å². The van der Waals surface area contributed by atoms with E-state index < -0.39 is 0 Å². The molecule has 0 saturated heterocycles. The normalized spacial score (nSPS) is 10.1. The molecule has 0 fully saturated rings. The number of hydrogen-bond acceptors (Lipinski definition) is 5. The summed E-state index contributed by atoms with van der Waals surface area (Å²) >= 11 is 0. The van der Waals surface area contributed by atoms with Gasteiger partial charge in [0.25, 0.3) is 0 Å². The highest BCUT2D eigenvalue weighted by Gasteiger charge is 2.05. The first kappa shape index (κ1) is 20.3. The van der Waals surface area contributed by atoms with Gasteiger partial charge in [0.05, 0.1) is 13.2 Å². The van der Waals surface area contributed by atoms with E-state index in [1.54, 1.807) is 24.3 Å². The molecule has 27 heavy (non-hydrogen) atoms.